The summed E-state index contributed by atoms with van der Waals surface area (Å²) in [6, 6.07) is 0. The van der Waals surface area contributed by atoms with Crippen LogP contribution in [0.25, 0.3) is 0 Å². The van der Waals surface area contributed by atoms with Gasteiger partial charge in [-0.25, -0.2) is 0 Å². The van der Waals surface area contributed by atoms with Gasteiger partial charge in [0.2, 0.25) is 0 Å². The van der Waals surface area contributed by atoms with E-state index in [0.717, 1.165) is 17.8 Å². The average Bonchev–Trinajstić information content (AvgIpc) is 1.90. The Morgan fingerprint density at radius 1 is 1.22 bits per heavy atom. The normalized spacial score (nSPS) is 14.2. The first-order valence-corrected chi connectivity index (χ1v) is 3.15. The van der Waals surface area contributed by atoms with Crippen LogP contribution in [0.3, 0.4) is 0 Å². The van der Waals surface area contributed by atoms with Crippen LogP contribution >= 0.6 is 0 Å². The standard InChI is InChI=1S/C7H14N2/c1-5-7(9-4)6(2)8-3/h5H2,1-4H3. The minimum absolute atomic E-state index is 0.972. The fraction of sp³-hybridized carbons (Fsp3) is 0.714. The Kier molecular flexibility index (Phi) is 3.93. The summed E-state index contributed by atoms with van der Waals surface area (Å²) >= 11 is 0. The van der Waals surface area contributed by atoms with Gasteiger partial charge in [0.05, 0.1) is 11.4 Å². The largest absolute Gasteiger partial charge is 0.292 e. The first-order valence-electron chi connectivity index (χ1n) is 3.15. The molecule has 0 aromatic rings. The lowest BCUT2D eigenvalue weighted by atomic mass is 10.2. The molecule has 0 aliphatic rings. The highest BCUT2D eigenvalue weighted by Gasteiger charge is 1.95. The minimum atomic E-state index is 0.972. The van der Waals surface area contributed by atoms with Gasteiger partial charge >= 0.3 is 0 Å². The molecule has 0 N–H and O–H groups in total. The maximum absolute atomic E-state index is 4.06. The average molecular weight is 126 g/mol. The molecule has 0 atom stereocenters. The van der Waals surface area contributed by atoms with Crippen LogP contribution in [0.15, 0.2) is 9.98 Å². The molecule has 0 aromatic carbocycles. The molecule has 0 spiro atoms. The van der Waals surface area contributed by atoms with Crippen LogP contribution in [0.1, 0.15) is 20.3 Å². The minimum Gasteiger partial charge on any atom is -0.292 e. The van der Waals surface area contributed by atoms with Crippen molar-refractivity contribution in [3.8, 4) is 0 Å². The number of aliphatic imine (C=N–C) groups is 2. The quantitative estimate of drug-likeness (QED) is 0.502. The summed E-state index contributed by atoms with van der Waals surface area (Å²) in [7, 11) is 3.59. The van der Waals surface area contributed by atoms with Gasteiger partial charge in [0, 0.05) is 14.1 Å². The zero-order chi connectivity index (χ0) is 7.28. The lowest BCUT2D eigenvalue weighted by molar-refractivity contribution is 1.26. The van der Waals surface area contributed by atoms with E-state index < -0.39 is 0 Å². The van der Waals surface area contributed by atoms with Gasteiger partial charge < -0.3 is 0 Å². The van der Waals surface area contributed by atoms with E-state index in [9.17, 15) is 0 Å². The smallest absolute Gasteiger partial charge is 0.0549 e. The lowest BCUT2D eigenvalue weighted by Gasteiger charge is -1.97. The summed E-state index contributed by atoms with van der Waals surface area (Å²) in [5, 5.41) is 0. The van der Waals surface area contributed by atoms with Gasteiger partial charge in [-0.3, -0.25) is 9.98 Å². The van der Waals surface area contributed by atoms with Gasteiger partial charge in [-0.15, -0.1) is 0 Å². The van der Waals surface area contributed by atoms with Gasteiger partial charge in [-0.1, -0.05) is 6.92 Å². The van der Waals surface area contributed by atoms with Gasteiger partial charge in [0.15, 0.2) is 0 Å². The van der Waals surface area contributed by atoms with Crippen LogP contribution in [0.4, 0.5) is 0 Å². The third-order valence-corrected chi connectivity index (χ3v) is 1.36. The van der Waals surface area contributed by atoms with Crippen molar-refractivity contribution in [2.75, 3.05) is 14.1 Å². The molecule has 52 valence electrons. The van der Waals surface area contributed by atoms with E-state index in [2.05, 4.69) is 16.9 Å². The predicted octanol–water partition coefficient (Wildman–Crippen LogP) is 1.56. The van der Waals surface area contributed by atoms with E-state index in [-0.39, 0.29) is 0 Å². The Labute approximate surface area is 56.7 Å². The summed E-state index contributed by atoms with van der Waals surface area (Å²) < 4.78 is 0. The number of nitrogens with zero attached hydrogens (tertiary/aromatic N) is 2. The summed E-state index contributed by atoms with van der Waals surface area (Å²) in [5.41, 5.74) is 2.14. The highest BCUT2D eigenvalue weighted by molar-refractivity contribution is 6.41. The third kappa shape index (κ3) is 2.40. The molecule has 0 aromatic heterocycles. The van der Waals surface area contributed by atoms with E-state index in [1.54, 1.807) is 14.1 Å². The molecule has 0 radical (unpaired) electrons. The van der Waals surface area contributed by atoms with Gasteiger partial charge in [0.1, 0.15) is 0 Å². The van der Waals surface area contributed by atoms with Crippen molar-refractivity contribution >= 4 is 11.4 Å². The van der Waals surface area contributed by atoms with E-state index in [1.807, 2.05) is 6.92 Å². The number of hydrogen-bond donors (Lipinski definition) is 0. The maximum atomic E-state index is 4.06. The summed E-state index contributed by atoms with van der Waals surface area (Å²) in [6.45, 7) is 4.06. The van der Waals surface area contributed by atoms with Gasteiger partial charge in [-0.2, -0.15) is 0 Å². The summed E-state index contributed by atoms with van der Waals surface area (Å²) in [4.78, 5) is 8.08. The molecular formula is C7H14N2. The van der Waals surface area contributed by atoms with Crippen LogP contribution in [-0.2, 0) is 0 Å². The topological polar surface area (TPSA) is 24.7 Å². The van der Waals surface area contributed by atoms with Crippen molar-refractivity contribution in [3.05, 3.63) is 0 Å². The highest BCUT2D eigenvalue weighted by Crippen LogP contribution is 1.88. The van der Waals surface area contributed by atoms with Crippen molar-refractivity contribution in [1.29, 1.82) is 0 Å². The van der Waals surface area contributed by atoms with E-state index in [0.29, 0.717) is 0 Å². The number of rotatable bonds is 2. The summed E-state index contributed by atoms with van der Waals surface area (Å²) in [6.07, 6.45) is 0.972. The molecule has 0 fully saturated rings. The molecule has 0 amide bonds. The Balaban J connectivity index is 4.14. The lowest BCUT2D eigenvalue weighted by Crippen LogP contribution is -2.08. The molecule has 0 bridgehead atoms. The Morgan fingerprint density at radius 2 is 1.78 bits per heavy atom. The van der Waals surface area contributed by atoms with Crippen molar-refractivity contribution in [2.45, 2.75) is 20.3 Å². The summed E-state index contributed by atoms with van der Waals surface area (Å²) in [5.74, 6) is 0. The molecule has 2 nitrogen and oxygen atoms in total. The van der Waals surface area contributed by atoms with Crippen molar-refractivity contribution in [1.82, 2.24) is 0 Å². The first kappa shape index (κ1) is 8.34. The van der Waals surface area contributed by atoms with Crippen molar-refractivity contribution in [2.24, 2.45) is 9.98 Å². The fourth-order valence-corrected chi connectivity index (χ4v) is 0.705. The second-order valence-corrected chi connectivity index (χ2v) is 1.83. The van der Waals surface area contributed by atoms with Crippen LogP contribution < -0.4 is 0 Å². The molecule has 0 saturated carbocycles. The third-order valence-electron chi connectivity index (χ3n) is 1.36. The van der Waals surface area contributed by atoms with Crippen LogP contribution in [-0.4, -0.2) is 25.5 Å². The molecule has 0 heterocycles. The maximum Gasteiger partial charge on any atom is 0.0549 e. The van der Waals surface area contributed by atoms with E-state index in [4.69, 9.17) is 0 Å². The molecule has 0 unspecified atom stereocenters. The molecule has 0 aliphatic carbocycles. The monoisotopic (exact) mass is 126 g/mol. The molecule has 0 rings (SSSR count). The molecule has 0 aliphatic heterocycles. The fourth-order valence-electron chi connectivity index (χ4n) is 0.705. The van der Waals surface area contributed by atoms with Crippen LogP contribution in [0.2, 0.25) is 0 Å². The molecule has 2 heteroatoms. The second kappa shape index (κ2) is 4.24. The number of hydrogen-bond acceptors (Lipinski definition) is 2. The Bertz CT molecular complexity index is 134. The molecular weight excluding hydrogens is 112 g/mol. The van der Waals surface area contributed by atoms with Gasteiger partial charge in [-0.05, 0) is 13.3 Å². The van der Waals surface area contributed by atoms with Crippen molar-refractivity contribution < 1.29 is 0 Å². The SMILES string of the molecule is CCC(=NC)C(C)=NC. The van der Waals surface area contributed by atoms with Crippen molar-refractivity contribution in [3.63, 3.8) is 0 Å². The Morgan fingerprint density at radius 3 is 1.89 bits per heavy atom. The van der Waals surface area contributed by atoms with Gasteiger partial charge in [0.25, 0.3) is 0 Å². The second-order valence-electron chi connectivity index (χ2n) is 1.83. The first-order chi connectivity index (χ1) is 4.26. The predicted molar refractivity (Wildman–Crippen MR) is 42.7 cm³/mol. The molecule has 0 saturated heterocycles. The zero-order valence-electron chi connectivity index (χ0n) is 6.60. The van der Waals surface area contributed by atoms with E-state index >= 15 is 0 Å². The molecule has 9 heavy (non-hydrogen) atoms. The van der Waals surface area contributed by atoms with Crippen LogP contribution in [0.5, 0.6) is 0 Å². The van der Waals surface area contributed by atoms with E-state index in [1.165, 1.54) is 0 Å². The van der Waals surface area contributed by atoms with Crippen LogP contribution in [0, 0.1) is 0 Å². The Hall–Kier alpha value is -0.660. The zero-order valence-corrected chi connectivity index (χ0v) is 6.60. The highest BCUT2D eigenvalue weighted by atomic mass is 14.7.